The highest BCUT2D eigenvalue weighted by molar-refractivity contribution is 5.44. The molecule has 3 heterocycles. The third-order valence-electron chi connectivity index (χ3n) is 3.55. The highest BCUT2D eigenvalue weighted by Crippen LogP contribution is 2.28. The third-order valence-corrected chi connectivity index (χ3v) is 3.55. The number of piperidine rings is 2. The summed E-state index contributed by atoms with van der Waals surface area (Å²) in [7, 11) is 0. The van der Waals surface area contributed by atoms with Gasteiger partial charge in [0.15, 0.2) is 0 Å². The molecule has 16 heavy (non-hydrogen) atoms. The second-order valence-corrected chi connectivity index (χ2v) is 4.89. The molecule has 86 valence electrons. The maximum Gasteiger partial charge on any atom is 0.143 e. The zero-order chi connectivity index (χ0) is 11.0. The standard InChI is InChI=1S/C12H16FN3/c13-11-2-12(6-15-5-11)16-7-9-1-10(8-16)4-14-3-9/h2,5-6,9-10,14H,1,3-4,7-8H2. The van der Waals surface area contributed by atoms with E-state index < -0.39 is 0 Å². The zero-order valence-electron chi connectivity index (χ0n) is 9.19. The number of fused-ring (bicyclic) bond motifs is 2. The van der Waals surface area contributed by atoms with Crippen molar-refractivity contribution >= 4 is 5.69 Å². The quantitative estimate of drug-likeness (QED) is 0.774. The molecule has 0 saturated carbocycles. The first-order valence-corrected chi connectivity index (χ1v) is 5.87. The fourth-order valence-electron chi connectivity index (χ4n) is 2.89. The van der Waals surface area contributed by atoms with Crippen molar-refractivity contribution in [3.63, 3.8) is 0 Å². The monoisotopic (exact) mass is 221 g/mol. The van der Waals surface area contributed by atoms with E-state index in [0.29, 0.717) is 11.8 Å². The predicted molar refractivity (Wildman–Crippen MR) is 60.9 cm³/mol. The van der Waals surface area contributed by atoms with E-state index in [0.717, 1.165) is 31.9 Å². The van der Waals surface area contributed by atoms with Crippen LogP contribution in [0.15, 0.2) is 18.5 Å². The van der Waals surface area contributed by atoms with Crippen molar-refractivity contribution in [3.05, 3.63) is 24.3 Å². The molecule has 2 fully saturated rings. The molecule has 3 nitrogen and oxygen atoms in total. The van der Waals surface area contributed by atoms with E-state index in [9.17, 15) is 4.39 Å². The average molecular weight is 221 g/mol. The second kappa shape index (κ2) is 4.01. The van der Waals surface area contributed by atoms with Gasteiger partial charge >= 0.3 is 0 Å². The lowest BCUT2D eigenvalue weighted by atomic mass is 9.86. The van der Waals surface area contributed by atoms with E-state index in [1.807, 2.05) is 0 Å². The first kappa shape index (κ1) is 10.0. The van der Waals surface area contributed by atoms with E-state index in [1.165, 1.54) is 12.6 Å². The summed E-state index contributed by atoms with van der Waals surface area (Å²) in [5.41, 5.74) is 0.927. The van der Waals surface area contributed by atoms with Gasteiger partial charge in [0, 0.05) is 19.2 Å². The summed E-state index contributed by atoms with van der Waals surface area (Å²) in [6.45, 7) is 4.23. The maximum atomic E-state index is 13.1. The number of hydrogen-bond donors (Lipinski definition) is 1. The lowest BCUT2D eigenvalue weighted by molar-refractivity contribution is 0.249. The lowest BCUT2D eigenvalue weighted by Gasteiger charge is -2.42. The van der Waals surface area contributed by atoms with Gasteiger partial charge in [0.1, 0.15) is 5.82 Å². The van der Waals surface area contributed by atoms with E-state index in [-0.39, 0.29) is 5.82 Å². The van der Waals surface area contributed by atoms with Gasteiger partial charge in [-0.15, -0.1) is 0 Å². The summed E-state index contributed by atoms with van der Waals surface area (Å²) < 4.78 is 13.1. The Morgan fingerprint density at radius 3 is 2.69 bits per heavy atom. The Balaban J connectivity index is 1.80. The third kappa shape index (κ3) is 1.89. The van der Waals surface area contributed by atoms with Crippen LogP contribution >= 0.6 is 0 Å². The minimum absolute atomic E-state index is 0.244. The smallest absolute Gasteiger partial charge is 0.143 e. The first-order valence-electron chi connectivity index (χ1n) is 5.87. The molecule has 2 unspecified atom stereocenters. The number of nitrogens with one attached hydrogen (secondary N) is 1. The van der Waals surface area contributed by atoms with Gasteiger partial charge in [-0.1, -0.05) is 0 Å². The van der Waals surface area contributed by atoms with Crippen LogP contribution in [0.3, 0.4) is 0 Å². The Kier molecular flexibility index (Phi) is 2.52. The van der Waals surface area contributed by atoms with Gasteiger partial charge in [0.25, 0.3) is 0 Å². The number of nitrogens with zero attached hydrogens (tertiary/aromatic N) is 2. The summed E-state index contributed by atoms with van der Waals surface area (Å²) in [6, 6.07) is 1.58. The highest BCUT2D eigenvalue weighted by atomic mass is 19.1. The highest BCUT2D eigenvalue weighted by Gasteiger charge is 2.30. The van der Waals surface area contributed by atoms with Crippen LogP contribution in [0.1, 0.15) is 6.42 Å². The number of aromatic nitrogens is 1. The Morgan fingerprint density at radius 1 is 1.25 bits per heavy atom. The molecule has 0 spiro atoms. The van der Waals surface area contributed by atoms with Crippen molar-refractivity contribution < 1.29 is 4.39 Å². The number of hydrogen-bond acceptors (Lipinski definition) is 3. The van der Waals surface area contributed by atoms with Crippen LogP contribution in [0.4, 0.5) is 10.1 Å². The van der Waals surface area contributed by atoms with Crippen molar-refractivity contribution in [2.75, 3.05) is 31.1 Å². The molecular formula is C12H16FN3. The molecule has 2 atom stereocenters. The maximum absolute atomic E-state index is 13.1. The number of anilines is 1. The fraction of sp³-hybridized carbons (Fsp3) is 0.583. The van der Waals surface area contributed by atoms with Gasteiger partial charge in [-0.25, -0.2) is 4.39 Å². The van der Waals surface area contributed by atoms with Gasteiger partial charge in [0.2, 0.25) is 0 Å². The molecule has 4 heteroatoms. The summed E-state index contributed by atoms with van der Waals surface area (Å²) in [5.74, 6) is 1.16. The Hall–Kier alpha value is -1.16. The van der Waals surface area contributed by atoms with Crippen molar-refractivity contribution in [2.45, 2.75) is 6.42 Å². The van der Waals surface area contributed by atoms with E-state index >= 15 is 0 Å². The van der Waals surface area contributed by atoms with Gasteiger partial charge in [0.05, 0.1) is 18.1 Å². The molecule has 2 aliphatic rings. The van der Waals surface area contributed by atoms with Crippen LogP contribution in [-0.4, -0.2) is 31.2 Å². The van der Waals surface area contributed by atoms with Crippen LogP contribution in [0.5, 0.6) is 0 Å². The molecule has 1 N–H and O–H groups in total. The SMILES string of the molecule is Fc1cncc(N2CC3CNCC(C3)C2)c1. The molecule has 2 bridgehead atoms. The number of rotatable bonds is 1. The molecule has 1 aromatic rings. The molecule has 3 rings (SSSR count). The summed E-state index contributed by atoms with van der Waals surface area (Å²) in [5, 5.41) is 3.45. The van der Waals surface area contributed by atoms with Crippen LogP contribution in [0.2, 0.25) is 0 Å². The van der Waals surface area contributed by atoms with Crippen LogP contribution in [0, 0.1) is 17.7 Å². The van der Waals surface area contributed by atoms with E-state index in [1.54, 1.807) is 12.3 Å². The number of pyridine rings is 1. The average Bonchev–Trinajstić information content (AvgIpc) is 2.28. The molecular weight excluding hydrogens is 205 g/mol. The Morgan fingerprint density at radius 2 is 2.00 bits per heavy atom. The van der Waals surface area contributed by atoms with Gasteiger partial charge in [-0.05, 0) is 31.3 Å². The Labute approximate surface area is 94.7 Å². The number of halogens is 1. The normalized spacial score (nSPS) is 29.2. The second-order valence-electron chi connectivity index (χ2n) is 4.89. The lowest BCUT2D eigenvalue weighted by Crippen LogP contribution is -2.51. The van der Waals surface area contributed by atoms with E-state index in [2.05, 4.69) is 15.2 Å². The summed E-state index contributed by atoms with van der Waals surface area (Å²) in [4.78, 5) is 6.19. The van der Waals surface area contributed by atoms with Crippen molar-refractivity contribution in [1.29, 1.82) is 0 Å². The summed E-state index contributed by atoms with van der Waals surface area (Å²) in [6.07, 6.45) is 4.33. The minimum atomic E-state index is -0.244. The first-order chi connectivity index (χ1) is 7.81. The van der Waals surface area contributed by atoms with E-state index in [4.69, 9.17) is 0 Å². The predicted octanol–water partition coefficient (Wildman–Crippen LogP) is 1.27. The molecule has 0 amide bonds. The van der Waals surface area contributed by atoms with Crippen LogP contribution in [-0.2, 0) is 0 Å². The molecule has 2 aliphatic heterocycles. The van der Waals surface area contributed by atoms with Gasteiger partial charge in [-0.2, -0.15) is 0 Å². The Bertz CT molecular complexity index is 370. The molecule has 0 radical (unpaired) electrons. The molecule has 2 saturated heterocycles. The van der Waals surface area contributed by atoms with Crippen LogP contribution < -0.4 is 10.2 Å². The minimum Gasteiger partial charge on any atom is -0.370 e. The largest absolute Gasteiger partial charge is 0.370 e. The van der Waals surface area contributed by atoms with Crippen molar-refractivity contribution in [1.82, 2.24) is 10.3 Å². The van der Waals surface area contributed by atoms with Crippen molar-refractivity contribution in [2.24, 2.45) is 11.8 Å². The topological polar surface area (TPSA) is 28.2 Å². The molecule has 0 aliphatic carbocycles. The van der Waals surface area contributed by atoms with Gasteiger partial charge < -0.3 is 10.2 Å². The summed E-state index contributed by atoms with van der Waals surface area (Å²) >= 11 is 0. The van der Waals surface area contributed by atoms with Crippen molar-refractivity contribution in [3.8, 4) is 0 Å². The fourth-order valence-corrected chi connectivity index (χ4v) is 2.89. The molecule has 0 aromatic carbocycles. The van der Waals surface area contributed by atoms with Gasteiger partial charge in [-0.3, -0.25) is 4.98 Å². The zero-order valence-corrected chi connectivity index (χ0v) is 9.19. The molecule has 1 aromatic heterocycles. The van der Waals surface area contributed by atoms with Crippen LogP contribution in [0.25, 0.3) is 0 Å².